The average molecular weight is 486 g/mol. The Morgan fingerprint density at radius 2 is 1.85 bits per heavy atom. The number of carbonyl (C=O) groups is 2. The first-order valence-corrected chi connectivity index (χ1v) is 12.4. The smallest absolute Gasteiger partial charge is 0.253 e. The summed E-state index contributed by atoms with van der Waals surface area (Å²) in [6.07, 6.45) is 7.63. The van der Waals surface area contributed by atoms with Crippen LogP contribution in [0.15, 0.2) is 42.5 Å². The molecule has 2 fully saturated rings. The standard InChI is InChI=1S/C26H32ClN3O4/c27-22-13-12-19(15-21(22)26(32)29-18-7-2-1-3-8-18)28-16-25(31)30-23-10-4-5-11-24(23)34-17-20-9-6-14-33-20/h4-5,10-13,15,18,20,28H,1-3,6-9,14,16-17H2,(H,29,32)(H,30,31). The molecule has 1 aliphatic heterocycles. The van der Waals surface area contributed by atoms with Crippen LogP contribution in [0.1, 0.15) is 55.3 Å². The number of rotatable bonds is 9. The third-order valence-electron chi connectivity index (χ3n) is 6.21. The van der Waals surface area contributed by atoms with E-state index in [2.05, 4.69) is 16.0 Å². The molecule has 2 aliphatic rings. The fraction of sp³-hybridized carbons (Fsp3) is 0.462. The third-order valence-corrected chi connectivity index (χ3v) is 6.54. The van der Waals surface area contributed by atoms with E-state index in [4.69, 9.17) is 21.1 Å². The van der Waals surface area contributed by atoms with Crippen molar-refractivity contribution in [3.8, 4) is 5.75 Å². The molecule has 4 rings (SSSR count). The maximum absolute atomic E-state index is 12.7. The van der Waals surface area contributed by atoms with Crippen molar-refractivity contribution in [1.29, 1.82) is 0 Å². The number of hydrogen-bond acceptors (Lipinski definition) is 5. The number of carbonyl (C=O) groups excluding carboxylic acids is 2. The van der Waals surface area contributed by atoms with Crippen LogP contribution in [-0.4, -0.2) is 43.7 Å². The zero-order valence-electron chi connectivity index (χ0n) is 19.3. The van der Waals surface area contributed by atoms with Gasteiger partial charge < -0.3 is 25.4 Å². The highest BCUT2D eigenvalue weighted by atomic mass is 35.5. The number of nitrogens with one attached hydrogen (secondary N) is 3. The third kappa shape index (κ3) is 6.87. The first-order valence-electron chi connectivity index (χ1n) is 12.1. The van der Waals surface area contributed by atoms with Gasteiger partial charge >= 0.3 is 0 Å². The van der Waals surface area contributed by atoms with Crippen LogP contribution < -0.4 is 20.7 Å². The SMILES string of the molecule is O=C(CNc1ccc(Cl)c(C(=O)NC2CCCCC2)c1)Nc1ccccc1OCC1CCCO1. The number of anilines is 2. The predicted octanol–water partition coefficient (Wildman–Crippen LogP) is 5.01. The summed E-state index contributed by atoms with van der Waals surface area (Å²) in [4.78, 5) is 25.3. The highest BCUT2D eigenvalue weighted by Gasteiger charge is 2.19. The molecule has 0 aromatic heterocycles. The molecule has 1 saturated heterocycles. The van der Waals surface area contributed by atoms with Gasteiger partial charge in [0, 0.05) is 18.3 Å². The van der Waals surface area contributed by atoms with Gasteiger partial charge in [-0.1, -0.05) is 43.0 Å². The van der Waals surface area contributed by atoms with E-state index in [-0.39, 0.29) is 30.5 Å². The zero-order valence-corrected chi connectivity index (χ0v) is 20.0. The van der Waals surface area contributed by atoms with Crippen LogP contribution in [0.25, 0.3) is 0 Å². The average Bonchev–Trinajstić information content (AvgIpc) is 3.37. The molecule has 2 amide bonds. The molecule has 0 radical (unpaired) electrons. The summed E-state index contributed by atoms with van der Waals surface area (Å²) in [6.45, 7) is 1.26. The second kappa shape index (κ2) is 12.1. The molecular formula is C26H32ClN3O4. The highest BCUT2D eigenvalue weighted by molar-refractivity contribution is 6.34. The molecule has 1 aliphatic carbocycles. The molecule has 2 aromatic rings. The van der Waals surface area contributed by atoms with Crippen molar-refractivity contribution in [2.24, 2.45) is 0 Å². The molecule has 2 aromatic carbocycles. The second-order valence-electron chi connectivity index (χ2n) is 8.85. The van der Waals surface area contributed by atoms with Gasteiger partial charge in [-0.25, -0.2) is 0 Å². The minimum atomic E-state index is -0.226. The van der Waals surface area contributed by atoms with Crippen molar-refractivity contribution >= 4 is 34.8 Å². The van der Waals surface area contributed by atoms with Crippen LogP contribution in [0, 0.1) is 0 Å². The Hall–Kier alpha value is -2.77. The molecule has 1 saturated carbocycles. The van der Waals surface area contributed by atoms with Gasteiger partial charge in [0.05, 0.1) is 28.9 Å². The molecule has 8 heteroatoms. The molecule has 34 heavy (non-hydrogen) atoms. The van der Waals surface area contributed by atoms with Gasteiger partial charge in [0.2, 0.25) is 5.91 Å². The summed E-state index contributed by atoms with van der Waals surface area (Å²) < 4.78 is 11.5. The van der Waals surface area contributed by atoms with Crippen LogP contribution >= 0.6 is 11.6 Å². The molecule has 182 valence electrons. The van der Waals surface area contributed by atoms with Crippen LogP contribution in [0.3, 0.4) is 0 Å². The lowest BCUT2D eigenvalue weighted by molar-refractivity contribution is -0.114. The van der Waals surface area contributed by atoms with Gasteiger partial charge in [-0.05, 0) is 56.0 Å². The van der Waals surface area contributed by atoms with E-state index in [0.29, 0.717) is 34.3 Å². The second-order valence-corrected chi connectivity index (χ2v) is 9.25. The summed E-state index contributed by atoms with van der Waals surface area (Å²) in [5.41, 5.74) is 1.66. The van der Waals surface area contributed by atoms with Crippen LogP contribution in [-0.2, 0) is 9.53 Å². The van der Waals surface area contributed by atoms with Gasteiger partial charge in [-0.2, -0.15) is 0 Å². The zero-order chi connectivity index (χ0) is 23.8. The molecule has 0 spiro atoms. The normalized spacial score (nSPS) is 18.3. The fourth-order valence-electron chi connectivity index (χ4n) is 4.35. The summed E-state index contributed by atoms with van der Waals surface area (Å²) in [5, 5.41) is 9.44. The molecule has 1 unspecified atom stereocenters. The maximum atomic E-state index is 12.7. The van der Waals surface area contributed by atoms with Crippen molar-refractivity contribution in [3.05, 3.63) is 53.1 Å². The van der Waals surface area contributed by atoms with Crippen molar-refractivity contribution in [3.63, 3.8) is 0 Å². The lowest BCUT2D eigenvalue weighted by Gasteiger charge is -2.23. The number of hydrogen-bond donors (Lipinski definition) is 3. The van der Waals surface area contributed by atoms with Gasteiger partial charge in [-0.15, -0.1) is 0 Å². The van der Waals surface area contributed by atoms with Gasteiger partial charge in [0.15, 0.2) is 0 Å². The van der Waals surface area contributed by atoms with Crippen LogP contribution in [0.5, 0.6) is 5.75 Å². The largest absolute Gasteiger partial charge is 0.489 e. The first-order chi connectivity index (χ1) is 16.6. The molecular weight excluding hydrogens is 454 g/mol. The monoisotopic (exact) mass is 485 g/mol. The maximum Gasteiger partial charge on any atom is 0.253 e. The van der Waals surface area contributed by atoms with Crippen LogP contribution in [0.2, 0.25) is 5.02 Å². The van der Waals surface area contributed by atoms with E-state index >= 15 is 0 Å². The van der Waals surface area contributed by atoms with E-state index < -0.39 is 0 Å². The van der Waals surface area contributed by atoms with E-state index in [0.717, 1.165) is 45.1 Å². The van der Waals surface area contributed by atoms with E-state index in [1.165, 1.54) is 6.42 Å². The van der Waals surface area contributed by atoms with Crippen LogP contribution in [0.4, 0.5) is 11.4 Å². The predicted molar refractivity (Wildman–Crippen MR) is 134 cm³/mol. The quantitative estimate of drug-likeness (QED) is 0.464. The molecule has 1 atom stereocenters. The topological polar surface area (TPSA) is 88.7 Å². The lowest BCUT2D eigenvalue weighted by Crippen LogP contribution is -2.36. The Labute approximate surface area is 205 Å². The number of benzene rings is 2. The molecule has 1 heterocycles. The minimum absolute atomic E-state index is 0.0331. The summed E-state index contributed by atoms with van der Waals surface area (Å²) in [7, 11) is 0. The Bertz CT molecular complexity index is 988. The van der Waals surface area contributed by atoms with E-state index in [1.54, 1.807) is 24.3 Å². The number of halogens is 1. The Kier molecular flexibility index (Phi) is 8.66. The summed E-state index contributed by atoms with van der Waals surface area (Å²) in [6, 6.07) is 12.7. The van der Waals surface area contributed by atoms with E-state index in [9.17, 15) is 9.59 Å². The highest BCUT2D eigenvalue weighted by Crippen LogP contribution is 2.26. The van der Waals surface area contributed by atoms with Crippen molar-refractivity contribution in [1.82, 2.24) is 5.32 Å². The Morgan fingerprint density at radius 1 is 1.03 bits per heavy atom. The first kappa shape index (κ1) is 24.4. The molecule has 0 bridgehead atoms. The van der Waals surface area contributed by atoms with Gasteiger partial charge in [-0.3, -0.25) is 9.59 Å². The van der Waals surface area contributed by atoms with Crippen molar-refractivity contribution in [2.75, 3.05) is 30.4 Å². The van der Waals surface area contributed by atoms with E-state index in [1.807, 2.05) is 18.2 Å². The fourth-order valence-corrected chi connectivity index (χ4v) is 4.55. The lowest BCUT2D eigenvalue weighted by atomic mass is 9.95. The molecule has 7 nitrogen and oxygen atoms in total. The Morgan fingerprint density at radius 3 is 2.65 bits per heavy atom. The van der Waals surface area contributed by atoms with Gasteiger partial charge in [0.1, 0.15) is 12.4 Å². The van der Waals surface area contributed by atoms with Gasteiger partial charge in [0.25, 0.3) is 5.91 Å². The summed E-state index contributed by atoms with van der Waals surface area (Å²) in [5.74, 6) is 0.207. The number of amides is 2. The summed E-state index contributed by atoms with van der Waals surface area (Å²) >= 11 is 6.28. The van der Waals surface area contributed by atoms with Crippen molar-refractivity contribution < 1.29 is 19.1 Å². The van der Waals surface area contributed by atoms with Crippen molar-refractivity contribution in [2.45, 2.75) is 57.1 Å². The number of para-hydroxylation sites is 2. The molecule has 3 N–H and O–H groups in total. The number of ether oxygens (including phenoxy) is 2. The minimum Gasteiger partial charge on any atom is -0.489 e. The Balaban J connectivity index is 1.31.